The van der Waals surface area contributed by atoms with E-state index in [1.54, 1.807) is 12.0 Å². The monoisotopic (exact) mass is 312 g/mol. The Kier molecular flexibility index (Phi) is 5.63. The summed E-state index contributed by atoms with van der Waals surface area (Å²) >= 11 is 0. The van der Waals surface area contributed by atoms with E-state index >= 15 is 0 Å². The number of hydrogen-bond donors (Lipinski definition) is 0. The van der Waals surface area contributed by atoms with Gasteiger partial charge in [0.2, 0.25) is 5.91 Å². The van der Waals surface area contributed by atoms with E-state index in [0.29, 0.717) is 13.1 Å². The fourth-order valence-electron chi connectivity index (χ4n) is 2.49. The van der Waals surface area contributed by atoms with Crippen LogP contribution in [0.3, 0.4) is 0 Å². The number of carbonyl (C=O) groups excluding carboxylic acids is 1. The summed E-state index contributed by atoms with van der Waals surface area (Å²) in [5, 5.41) is 0. The summed E-state index contributed by atoms with van der Waals surface area (Å²) in [5.74, 6) is 0.839. The zero-order valence-corrected chi connectivity index (χ0v) is 14.2. The molecular weight excluding hydrogens is 288 g/mol. The van der Waals surface area contributed by atoms with Crippen LogP contribution < -0.4 is 9.64 Å². The normalized spacial score (nSPS) is 10.3. The highest BCUT2D eigenvalue weighted by molar-refractivity contribution is 5.81. The Hall–Kier alpha value is -2.49. The Morgan fingerprint density at radius 2 is 1.70 bits per heavy atom. The van der Waals surface area contributed by atoms with E-state index in [0.717, 1.165) is 11.4 Å². The minimum absolute atomic E-state index is 0.0710. The number of aryl methyl sites for hydroxylation is 1. The number of carbonyl (C=O) groups is 1. The highest BCUT2D eigenvalue weighted by atomic mass is 16.5. The van der Waals surface area contributed by atoms with Gasteiger partial charge in [0.1, 0.15) is 5.75 Å². The second kappa shape index (κ2) is 7.68. The maximum Gasteiger partial charge on any atom is 0.242 e. The Morgan fingerprint density at radius 3 is 2.39 bits per heavy atom. The van der Waals surface area contributed by atoms with Gasteiger partial charge in [0.05, 0.1) is 19.3 Å². The molecule has 4 heteroatoms. The first-order valence-electron chi connectivity index (χ1n) is 7.65. The molecule has 0 saturated carbocycles. The van der Waals surface area contributed by atoms with Crippen molar-refractivity contribution in [2.45, 2.75) is 13.5 Å². The molecule has 4 nitrogen and oxygen atoms in total. The van der Waals surface area contributed by atoms with Gasteiger partial charge in [0.15, 0.2) is 0 Å². The molecule has 1 amide bonds. The van der Waals surface area contributed by atoms with E-state index in [1.165, 1.54) is 11.1 Å². The Balaban J connectivity index is 2.02. The Bertz CT molecular complexity index is 670. The number of ether oxygens (including phenoxy) is 1. The lowest BCUT2D eigenvalue weighted by Crippen LogP contribution is -2.36. The highest BCUT2D eigenvalue weighted by Gasteiger charge is 2.15. The zero-order chi connectivity index (χ0) is 16.8. The van der Waals surface area contributed by atoms with Gasteiger partial charge in [-0.2, -0.15) is 0 Å². The molecule has 23 heavy (non-hydrogen) atoms. The molecule has 0 fully saturated rings. The molecule has 0 bridgehead atoms. The summed E-state index contributed by atoms with van der Waals surface area (Å²) in [6.07, 6.45) is 0. The molecule has 0 atom stereocenters. The van der Waals surface area contributed by atoms with E-state index in [2.05, 4.69) is 19.1 Å². The fraction of sp³-hybridized carbons (Fsp3) is 0.316. The average Bonchev–Trinajstić information content (AvgIpc) is 2.56. The van der Waals surface area contributed by atoms with Crippen LogP contribution in [0.5, 0.6) is 5.75 Å². The standard InChI is InChI=1S/C19H24N2O2/c1-15-9-5-6-10-16(15)13-21(3)19(22)14-20(2)17-11-7-8-12-18(17)23-4/h5-12H,13-14H2,1-4H3. The summed E-state index contributed by atoms with van der Waals surface area (Å²) < 4.78 is 5.35. The third-order valence-corrected chi connectivity index (χ3v) is 3.96. The van der Waals surface area contributed by atoms with Crippen LogP contribution in [0, 0.1) is 6.92 Å². The van der Waals surface area contributed by atoms with Crippen molar-refractivity contribution in [3.05, 3.63) is 59.7 Å². The van der Waals surface area contributed by atoms with Gasteiger partial charge in [0.25, 0.3) is 0 Å². The number of amides is 1. The van der Waals surface area contributed by atoms with Crippen molar-refractivity contribution in [1.82, 2.24) is 4.90 Å². The van der Waals surface area contributed by atoms with Gasteiger partial charge in [-0.25, -0.2) is 0 Å². The molecule has 0 aromatic heterocycles. The molecule has 0 aliphatic rings. The van der Waals surface area contributed by atoms with Crippen molar-refractivity contribution in [3.63, 3.8) is 0 Å². The lowest BCUT2D eigenvalue weighted by molar-refractivity contribution is -0.128. The number of benzene rings is 2. The second-order valence-electron chi connectivity index (χ2n) is 5.70. The maximum absolute atomic E-state index is 12.5. The average molecular weight is 312 g/mol. The van der Waals surface area contributed by atoms with Gasteiger partial charge < -0.3 is 14.5 Å². The van der Waals surface area contributed by atoms with Crippen LogP contribution in [0.25, 0.3) is 0 Å². The van der Waals surface area contributed by atoms with Crippen LogP contribution >= 0.6 is 0 Å². The fourth-order valence-corrected chi connectivity index (χ4v) is 2.49. The predicted octanol–water partition coefficient (Wildman–Crippen LogP) is 3.10. The van der Waals surface area contributed by atoms with E-state index in [4.69, 9.17) is 4.74 Å². The maximum atomic E-state index is 12.5. The van der Waals surface area contributed by atoms with Crippen LogP contribution in [0.1, 0.15) is 11.1 Å². The summed E-state index contributed by atoms with van der Waals surface area (Å²) in [4.78, 5) is 16.2. The van der Waals surface area contributed by atoms with Crippen LogP contribution in [-0.4, -0.2) is 38.6 Å². The number of para-hydroxylation sites is 2. The molecule has 2 aromatic rings. The number of rotatable bonds is 6. The SMILES string of the molecule is COc1ccccc1N(C)CC(=O)N(C)Cc1ccccc1C. The third-order valence-electron chi connectivity index (χ3n) is 3.96. The third kappa shape index (κ3) is 4.25. The minimum Gasteiger partial charge on any atom is -0.495 e. The number of likely N-dealkylation sites (N-methyl/N-ethyl adjacent to an activating group) is 2. The van der Waals surface area contributed by atoms with E-state index in [-0.39, 0.29) is 5.91 Å². The molecule has 0 heterocycles. The molecule has 0 aliphatic heterocycles. The molecule has 122 valence electrons. The van der Waals surface area contributed by atoms with Gasteiger partial charge >= 0.3 is 0 Å². The van der Waals surface area contributed by atoms with Crippen molar-refractivity contribution >= 4 is 11.6 Å². The smallest absolute Gasteiger partial charge is 0.242 e. The van der Waals surface area contributed by atoms with Gasteiger partial charge in [-0.05, 0) is 30.2 Å². The van der Waals surface area contributed by atoms with Crippen molar-refractivity contribution in [1.29, 1.82) is 0 Å². The molecule has 0 radical (unpaired) electrons. The first-order valence-corrected chi connectivity index (χ1v) is 7.65. The van der Waals surface area contributed by atoms with Crippen molar-refractivity contribution in [3.8, 4) is 5.75 Å². The van der Waals surface area contributed by atoms with Crippen molar-refractivity contribution in [2.75, 3.05) is 32.6 Å². The highest BCUT2D eigenvalue weighted by Crippen LogP contribution is 2.26. The molecule has 2 aromatic carbocycles. The number of methoxy groups -OCH3 is 1. The van der Waals surface area contributed by atoms with E-state index in [1.807, 2.05) is 55.4 Å². The van der Waals surface area contributed by atoms with Crippen LogP contribution in [-0.2, 0) is 11.3 Å². The number of anilines is 1. The Morgan fingerprint density at radius 1 is 1.04 bits per heavy atom. The van der Waals surface area contributed by atoms with E-state index in [9.17, 15) is 4.79 Å². The zero-order valence-electron chi connectivity index (χ0n) is 14.2. The number of nitrogens with zero attached hydrogens (tertiary/aromatic N) is 2. The van der Waals surface area contributed by atoms with Gasteiger partial charge in [-0.15, -0.1) is 0 Å². The van der Waals surface area contributed by atoms with Gasteiger partial charge in [-0.1, -0.05) is 36.4 Å². The molecule has 0 spiro atoms. The van der Waals surface area contributed by atoms with E-state index < -0.39 is 0 Å². The van der Waals surface area contributed by atoms with Crippen molar-refractivity contribution < 1.29 is 9.53 Å². The van der Waals surface area contributed by atoms with Crippen LogP contribution in [0.4, 0.5) is 5.69 Å². The molecular formula is C19H24N2O2. The van der Waals surface area contributed by atoms with Crippen molar-refractivity contribution in [2.24, 2.45) is 0 Å². The largest absolute Gasteiger partial charge is 0.495 e. The summed E-state index contributed by atoms with van der Waals surface area (Å²) in [5.41, 5.74) is 3.28. The molecule has 0 unspecified atom stereocenters. The van der Waals surface area contributed by atoms with Gasteiger partial charge in [-0.3, -0.25) is 4.79 Å². The van der Waals surface area contributed by atoms with Crippen LogP contribution in [0.2, 0.25) is 0 Å². The summed E-state index contributed by atoms with van der Waals surface area (Å²) in [7, 11) is 5.38. The quantitative estimate of drug-likeness (QED) is 0.822. The topological polar surface area (TPSA) is 32.8 Å². The minimum atomic E-state index is 0.0710. The predicted molar refractivity (Wildman–Crippen MR) is 93.9 cm³/mol. The first-order chi connectivity index (χ1) is 11.0. The summed E-state index contributed by atoms with van der Waals surface area (Å²) in [6, 6.07) is 15.8. The van der Waals surface area contributed by atoms with Gasteiger partial charge in [0, 0.05) is 20.6 Å². The summed E-state index contributed by atoms with van der Waals surface area (Å²) in [6.45, 7) is 2.99. The first kappa shape index (κ1) is 16.9. The van der Waals surface area contributed by atoms with Crippen LogP contribution in [0.15, 0.2) is 48.5 Å². The second-order valence-corrected chi connectivity index (χ2v) is 5.70. The lowest BCUT2D eigenvalue weighted by atomic mass is 10.1. The molecule has 0 saturated heterocycles. The number of hydrogen-bond acceptors (Lipinski definition) is 3. The molecule has 0 N–H and O–H groups in total. The lowest BCUT2D eigenvalue weighted by Gasteiger charge is -2.25. The molecule has 2 rings (SSSR count). The Labute approximate surface area is 138 Å². The molecule has 0 aliphatic carbocycles.